The number of halogens is 1. The first kappa shape index (κ1) is 15.0. The average molecular weight is 269 g/mol. The van der Waals surface area contributed by atoms with Crippen LogP contribution in [0.15, 0.2) is 12.1 Å². The number of aromatic nitrogens is 1. The molecule has 1 heterocycles. The second kappa shape index (κ2) is 6.74. The van der Waals surface area contributed by atoms with Gasteiger partial charge in [-0.25, -0.2) is 4.98 Å². The van der Waals surface area contributed by atoms with Crippen LogP contribution in [0.2, 0.25) is 5.15 Å². The molecule has 0 fully saturated rings. The van der Waals surface area contributed by atoms with E-state index in [1.807, 2.05) is 24.8 Å². The lowest BCUT2D eigenvalue weighted by atomic mass is 10.1. The van der Waals surface area contributed by atoms with E-state index in [4.69, 9.17) is 11.6 Å². The lowest BCUT2D eigenvalue weighted by molar-refractivity contribution is 0.0699. The summed E-state index contributed by atoms with van der Waals surface area (Å²) >= 11 is 5.95. The van der Waals surface area contributed by atoms with E-state index < -0.39 is 0 Å². The van der Waals surface area contributed by atoms with Crippen LogP contribution in [0.25, 0.3) is 0 Å². The zero-order valence-electron chi connectivity index (χ0n) is 11.5. The first-order valence-electron chi connectivity index (χ1n) is 6.50. The van der Waals surface area contributed by atoms with Crippen LogP contribution in [0.5, 0.6) is 0 Å². The monoisotopic (exact) mass is 268 g/mol. The Bertz CT molecular complexity index is 420. The minimum absolute atomic E-state index is 0.0332. The molecule has 100 valence electrons. The highest BCUT2D eigenvalue weighted by atomic mass is 35.5. The molecule has 0 saturated carbocycles. The Morgan fingerprint density at radius 1 is 1.39 bits per heavy atom. The molecule has 1 rings (SSSR count). The summed E-state index contributed by atoms with van der Waals surface area (Å²) in [6, 6.07) is 3.72. The highest BCUT2D eigenvalue weighted by Gasteiger charge is 2.19. The summed E-state index contributed by atoms with van der Waals surface area (Å²) in [4.78, 5) is 18.5. The molecule has 1 atom stereocenters. The first-order valence-corrected chi connectivity index (χ1v) is 6.88. The average Bonchev–Trinajstić information content (AvgIpc) is 2.38. The fraction of sp³-hybridized carbons (Fsp3) is 0.571. The maximum atomic E-state index is 12.4. The third-order valence-corrected chi connectivity index (χ3v) is 3.37. The third kappa shape index (κ3) is 3.45. The van der Waals surface area contributed by atoms with Gasteiger partial charge in [-0.3, -0.25) is 4.79 Å². The summed E-state index contributed by atoms with van der Waals surface area (Å²) in [6.45, 7) is 8.84. The predicted molar refractivity (Wildman–Crippen MR) is 75.1 cm³/mol. The summed E-state index contributed by atoms with van der Waals surface area (Å²) in [5.74, 6) is 0.0332. The molecule has 3 nitrogen and oxygen atoms in total. The van der Waals surface area contributed by atoms with Gasteiger partial charge in [0.1, 0.15) is 5.15 Å². The molecule has 1 aromatic heterocycles. The van der Waals surface area contributed by atoms with Crippen molar-refractivity contribution in [3.05, 3.63) is 28.5 Å². The number of pyridine rings is 1. The topological polar surface area (TPSA) is 33.2 Å². The number of hydrogen-bond acceptors (Lipinski definition) is 2. The van der Waals surface area contributed by atoms with Crippen LogP contribution in [0, 0.1) is 0 Å². The van der Waals surface area contributed by atoms with Crippen LogP contribution < -0.4 is 0 Å². The molecule has 0 bridgehead atoms. The smallest absolute Gasteiger partial charge is 0.254 e. The van der Waals surface area contributed by atoms with Crippen molar-refractivity contribution in [1.82, 2.24) is 9.88 Å². The molecule has 0 spiro atoms. The number of carbonyl (C=O) groups excluding carboxylic acids is 1. The van der Waals surface area contributed by atoms with Gasteiger partial charge < -0.3 is 4.90 Å². The van der Waals surface area contributed by atoms with E-state index in [1.54, 1.807) is 6.07 Å². The molecule has 18 heavy (non-hydrogen) atoms. The highest BCUT2D eigenvalue weighted by molar-refractivity contribution is 6.29. The highest BCUT2D eigenvalue weighted by Crippen LogP contribution is 2.15. The van der Waals surface area contributed by atoms with Gasteiger partial charge in [0.2, 0.25) is 0 Å². The molecule has 0 aliphatic heterocycles. The van der Waals surface area contributed by atoms with E-state index in [2.05, 4.69) is 18.8 Å². The van der Waals surface area contributed by atoms with Gasteiger partial charge >= 0.3 is 0 Å². The van der Waals surface area contributed by atoms with E-state index >= 15 is 0 Å². The van der Waals surface area contributed by atoms with Gasteiger partial charge in [0.15, 0.2) is 0 Å². The zero-order valence-corrected chi connectivity index (χ0v) is 12.3. The van der Waals surface area contributed by atoms with Crippen LogP contribution in [0.3, 0.4) is 0 Å². The number of hydrogen-bond donors (Lipinski definition) is 0. The van der Waals surface area contributed by atoms with Crippen molar-refractivity contribution in [3.8, 4) is 0 Å². The Kier molecular flexibility index (Phi) is 5.60. The van der Waals surface area contributed by atoms with Crippen LogP contribution in [-0.2, 0) is 6.42 Å². The van der Waals surface area contributed by atoms with Gasteiger partial charge in [-0.05, 0) is 38.8 Å². The number of nitrogens with zero attached hydrogens (tertiary/aromatic N) is 2. The number of amides is 1. The lowest BCUT2D eigenvalue weighted by Crippen LogP contribution is -2.38. The summed E-state index contributed by atoms with van der Waals surface area (Å²) in [5, 5.41) is 0.387. The summed E-state index contributed by atoms with van der Waals surface area (Å²) in [7, 11) is 0. The van der Waals surface area contributed by atoms with E-state index in [0.29, 0.717) is 17.3 Å². The van der Waals surface area contributed by atoms with E-state index in [1.165, 1.54) is 0 Å². The van der Waals surface area contributed by atoms with Crippen LogP contribution in [0.4, 0.5) is 0 Å². The first-order chi connectivity index (χ1) is 8.53. The van der Waals surface area contributed by atoms with Gasteiger partial charge in [0.05, 0.1) is 0 Å². The van der Waals surface area contributed by atoms with Crippen molar-refractivity contribution in [1.29, 1.82) is 0 Å². The van der Waals surface area contributed by atoms with Crippen LogP contribution in [0.1, 0.15) is 50.2 Å². The number of rotatable bonds is 5. The van der Waals surface area contributed by atoms with E-state index in [9.17, 15) is 4.79 Å². The normalized spacial score (nSPS) is 12.3. The second-order valence-corrected chi connectivity index (χ2v) is 4.76. The van der Waals surface area contributed by atoms with Crippen molar-refractivity contribution >= 4 is 17.5 Å². The van der Waals surface area contributed by atoms with E-state index in [-0.39, 0.29) is 11.9 Å². The number of aryl methyl sites for hydroxylation is 1. The molecule has 4 heteroatoms. The quantitative estimate of drug-likeness (QED) is 0.765. The fourth-order valence-electron chi connectivity index (χ4n) is 1.90. The van der Waals surface area contributed by atoms with Crippen LogP contribution >= 0.6 is 11.6 Å². The Morgan fingerprint density at radius 3 is 2.56 bits per heavy atom. The maximum absolute atomic E-state index is 12.4. The van der Waals surface area contributed by atoms with Crippen molar-refractivity contribution < 1.29 is 4.79 Å². The van der Waals surface area contributed by atoms with Gasteiger partial charge in [0.25, 0.3) is 5.91 Å². The molecule has 0 aliphatic rings. The Hall–Kier alpha value is -1.09. The van der Waals surface area contributed by atoms with Gasteiger partial charge in [-0.15, -0.1) is 0 Å². The minimum Gasteiger partial charge on any atom is -0.336 e. The standard InChI is InChI=1S/C14H21ClN2O/c1-5-10(4)17(7-3)14(18)11-8-12(6-2)16-13(15)9-11/h8-10H,5-7H2,1-4H3. The SMILES string of the molecule is CCc1cc(C(=O)N(CC)C(C)CC)cc(Cl)n1. The molecular formula is C14H21ClN2O. The summed E-state index contributed by atoms with van der Waals surface area (Å²) in [5.41, 5.74) is 1.49. The Labute approximate surface area is 114 Å². The Balaban J connectivity index is 3.05. The predicted octanol–water partition coefficient (Wildman–Crippen LogP) is 3.56. The number of carbonyl (C=O) groups is 1. The van der Waals surface area contributed by atoms with Crippen molar-refractivity contribution in [2.75, 3.05) is 6.54 Å². The molecule has 0 aliphatic carbocycles. The van der Waals surface area contributed by atoms with Crippen molar-refractivity contribution in [3.63, 3.8) is 0 Å². The molecule has 0 aromatic carbocycles. The second-order valence-electron chi connectivity index (χ2n) is 4.37. The maximum Gasteiger partial charge on any atom is 0.254 e. The van der Waals surface area contributed by atoms with Gasteiger partial charge in [-0.2, -0.15) is 0 Å². The summed E-state index contributed by atoms with van der Waals surface area (Å²) < 4.78 is 0. The zero-order chi connectivity index (χ0) is 13.7. The molecule has 1 amide bonds. The third-order valence-electron chi connectivity index (χ3n) is 3.18. The Morgan fingerprint density at radius 2 is 2.06 bits per heavy atom. The fourth-order valence-corrected chi connectivity index (χ4v) is 2.12. The molecule has 1 unspecified atom stereocenters. The summed E-state index contributed by atoms with van der Waals surface area (Å²) in [6.07, 6.45) is 1.72. The van der Waals surface area contributed by atoms with Gasteiger partial charge in [0, 0.05) is 23.8 Å². The molecule has 1 aromatic rings. The van der Waals surface area contributed by atoms with Crippen molar-refractivity contribution in [2.24, 2.45) is 0 Å². The minimum atomic E-state index is 0.0332. The molecule has 0 saturated heterocycles. The van der Waals surface area contributed by atoms with Gasteiger partial charge in [-0.1, -0.05) is 25.4 Å². The molecule has 0 radical (unpaired) electrons. The lowest BCUT2D eigenvalue weighted by Gasteiger charge is -2.27. The molecule has 0 N–H and O–H groups in total. The molecular weight excluding hydrogens is 248 g/mol. The van der Waals surface area contributed by atoms with Crippen LogP contribution in [-0.4, -0.2) is 28.4 Å². The van der Waals surface area contributed by atoms with E-state index in [0.717, 1.165) is 18.5 Å². The largest absolute Gasteiger partial charge is 0.336 e. The van der Waals surface area contributed by atoms with Crippen molar-refractivity contribution in [2.45, 2.75) is 46.6 Å².